The average molecular weight is 911 g/mol. The van der Waals surface area contributed by atoms with Gasteiger partial charge in [0.1, 0.15) is 17.1 Å². The van der Waals surface area contributed by atoms with Crippen molar-refractivity contribution in [2.75, 3.05) is 70.3 Å². The number of amides is 1. The smallest absolute Gasteiger partial charge is 0.268 e. The van der Waals surface area contributed by atoms with Crippen molar-refractivity contribution in [1.29, 1.82) is 0 Å². The quantitative estimate of drug-likeness (QED) is 0.0924. The van der Waals surface area contributed by atoms with E-state index in [4.69, 9.17) is 37.4 Å². The molecule has 1 aliphatic heterocycles. The van der Waals surface area contributed by atoms with E-state index in [1.807, 2.05) is 18.2 Å². The molecule has 0 unspecified atom stereocenters. The molecular formula is C44H49Cl2N5O8S2. The number of nitrogens with one attached hydrogen (secondary N) is 2. The topological polar surface area (TPSA) is 160 Å². The van der Waals surface area contributed by atoms with Gasteiger partial charge in [-0.1, -0.05) is 54.8 Å². The van der Waals surface area contributed by atoms with Crippen LogP contribution in [0.1, 0.15) is 49.0 Å². The van der Waals surface area contributed by atoms with Crippen molar-refractivity contribution in [3.8, 4) is 11.5 Å². The SMILES string of the molecule is COCCOCCS(=O)(=O)c1ccc(S(=O)(=O)NC(=O)c2ccc(N3CCN(CC4=C(c5ccc(Cl)cc5)CC(C)(C)CC4)CC3)cc2Oc2cnc3[nH]ccc3c2)cc1Cl. The van der Waals surface area contributed by atoms with Crippen molar-refractivity contribution < 1.29 is 35.8 Å². The highest BCUT2D eigenvalue weighted by molar-refractivity contribution is 7.91. The minimum absolute atomic E-state index is 0.0409. The molecule has 3 heterocycles. The molecule has 1 aliphatic carbocycles. The van der Waals surface area contributed by atoms with Crippen molar-refractivity contribution in [2.24, 2.45) is 5.41 Å². The summed E-state index contributed by atoms with van der Waals surface area (Å²) in [5, 5.41) is 1.20. The minimum Gasteiger partial charge on any atom is -0.455 e. The summed E-state index contributed by atoms with van der Waals surface area (Å²) >= 11 is 12.6. The monoisotopic (exact) mass is 909 g/mol. The number of pyridine rings is 1. The van der Waals surface area contributed by atoms with Crippen LogP contribution in [0.15, 0.2) is 101 Å². The zero-order chi connectivity index (χ0) is 43.4. The summed E-state index contributed by atoms with van der Waals surface area (Å²) in [7, 11) is -6.93. The lowest BCUT2D eigenvalue weighted by molar-refractivity contribution is 0.0785. The van der Waals surface area contributed by atoms with Gasteiger partial charge in [0.25, 0.3) is 15.9 Å². The third-order valence-corrected chi connectivity index (χ3v) is 14.8. The second kappa shape index (κ2) is 18.9. The van der Waals surface area contributed by atoms with Crippen LogP contribution in [0, 0.1) is 5.41 Å². The molecule has 2 N–H and O–H groups in total. The zero-order valence-corrected chi connectivity index (χ0v) is 37.4. The number of benzene rings is 3. The largest absolute Gasteiger partial charge is 0.455 e. The number of hydrogen-bond donors (Lipinski definition) is 2. The number of sulfone groups is 1. The van der Waals surface area contributed by atoms with E-state index in [0.717, 1.165) is 86.3 Å². The molecule has 3 aromatic carbocycles. The van der Waals surface area contributed by atoms with E-state index in [0.29, 0.717) is 18.0 Å². The van der Waals surface area contributed by atoms with Crippen LogP contribution >= 0.6 is 23.2 Å². The Labute approximate surface area is 367 Å². The Hall–Kier alpha value is -4.48. The molecule has 0 bridgehead atoms. The molecule has 7 rings (SSSR count). The Bertz CT molecular complexity index is 2640. The standard InChI is InChI=1S/C44H49Cl2N5O8S2/c1-44(2)14-12-32(38(27-44)30-4-6-33(45)7-5-30)29-50-16-18-51(19-17-50)34-8-10-37(40(25-34)59-35-24-31-13-15-47-42(31)48-28-35)43(52)49-61(55,56)36-9-11-41(39(46)26-36)60(53,54)23-22-58-21-20-57-3/h4-11,13,15,24-26,28H,12,14,16-23,27,29H2,1-3H3,(H,47,48)(H,49,52). The molecule has 0 atom stereocenters. The number of ether oxygens (including phenoxy) is 3. The fraction of sp³-hybridized carbons (Fsp3) is 0.364. The van der Waals surface area contributed by atoms with Crippen LogP contribution in [0.4, 0.5) is 5.69 Å². The van der Waals surface area contributed by atoms with Gasteiger partial charge in [0.15, 0.2) is 9.84 Å². The Morgan fingerprint density at radius 1 is 0.918 bits per heavy atom. The third kappa shape index (κ3) is 10.9. The number of aromatic amines is 1. The number of sulfonamides is 1. The first kappa shape index (κ1) is 44.6. The van der Waals surface area contributed by atoms with Crippen LogP contribution in [0.2, 0.25) is 10.0 Å². The van der Waals surface area contributed by atoms with Crippen LogP contribution < -0.4 is 14.4 Å². The van der Waals surface area contributed by atoms with Gasteiger partial charge >= 0.3 is 0 Å². The maximum absolute atomic E-state index is 13.9. The molecule has 61 heavy (non-hydrogen) atoms. The molecule has 1 amide bonds. The molecule has 17 heteroatoms. The number of carbonyl (C=O) groups excluding carboxylic acids is 1. The molecule has 5 aromatic rings. The number of nitrogens with zero attached hydrogens (tertiary/aromatic N) is 3. The van der Waals surface area contributed by atoms with Crippen molar-refractivity contribution >= 4 is 71.3 Å². The van der Waals surface area contributed by atoms with Crippen molar-refractivity contribution in [3.63, 3.8) is 0 Å². The predicted molar refractivity (Wildman–Crippen MR) is 238 cm³/mol. The normalized spacial score (nSPS) is 16.2. The zero-order valence-electron chi connectivity index (χ0n) is 34.2. The lowest BCUT2D eigenvalue weighted by Crippen LogP contribution is -2.47. The average Bonchev–Trinajstić information content (AvgIpc) is 3.70. The fourth-order valence-corrected chi connectivity index (χ4v) is 10.5. The Morgan fingerprint density at radius 3 is 2.43 bits per heavy atom. The summed E-state index contributed by atoms with van der Waals surface area (Å²) in [5.41, 5.74) is 5.74. The molecule has 2 aromatic heterocycles. The number of methoxy groups -OCH3 is 1. The highest BCUT2D eigenvalue weighted by Crippen LogP contribution is 2.43. The van der Waals surface area contributed by atoms with Gasteiger partial charge in [-0.15, -0.1) is 0 Å². The van der Waals surface area contributed by atoms with E-state index in [-0.39, 0.29) is 45.6 Å². The molecule has 2 aliphatic rings. The first-order valence-electron chi connectivity index (χ1n) is 20.0. The molecule has 324 valence electrons. The van der Waals surface area contributed by atoms with Gasteiger partial charge in [-0.2, -0.15) is 0 Å². The van der Waals surface area contributed by atoms with Gasteiger partial charge in [-0.25, -0.2) is 26.5 Å². The highest BCUT2D eigenvalue weighted by atomic mass is 35.5. The fourth-order valence-electron chi connectivity index (χ4n) is 7.64. The maximum Gasteiger partial charge on any atom is 0.268 e. The van der Waals surface area contributed by atoms with Gasteiger partial charge in [0.05, 0.1) is 52.1 Å². The van der Waals surface area contributed by atoms with E-state index in [1.165, 1.54) is 36.1 Å². The molecule has 0 radical (unpaired) electrons. The summed E-state index contributed by atoms with van der Waals surface area (Å²) in [4.78, 5) is 25.3. The number of allylic oxidation sites excluding steroid dienone is 1. The molecule has 13 nitrogen and oxygen atoms in total. The Morgan fingerprint density at radius 2 is 1.69 bits per heavy atom. The second-order valence-corrected chi connectivity index (χ2v) is 20.6. The second-order valence-electron chi connectivity index (χ2n) is 16.0. The number of hydrogen-bond acceptors (Lipinski definition) is 11. The van der Waals surface area contributed by atoms with Gasteiger partial charge in [0.2, 0.25) is 0 Å². The molecule has 1 fully saturated rings. The summed E-state index contributed by atoms with van der Waals surface area (Å²) in [6.45, 7) is 9.03. The van der Waals surface area contributed by atoms with E-state index < -0.39 is 30.7 Å². The molecule has 0 saturated carbocycles. The first-order valence-corrected chi connectivity index (χ1v) is 23.9. The number of halogens is 2. The van der Waals surface area contributed by atoms with Crippen molar-refractivity contribution in [1.82, 2.24) is 19.6 Å². The number of carbonyl (C=O) groups is 1. The number of rotatable bonds is 16. The van der Waals surface area contributed by atoms with E-state index in [2.05, 4.69) is 50.5 Å². The number of piperazine rings is 1. The maximum atomic E-state index is 13.9. The van der Waals surface area contributed by atoms with Gasteiger partial charge in [-0.05, 0) is 90.4 Å². The Balaban J connectivity index is 1.08. The minimum atomic E-state index is -4.52. The lowest BCUT2D eigenvalue weighted by Gasteiger charge is -2.39. The van der Waals surface area contributed by atoms with Crippen LogP contribution in [-0.2, 0) is 29.3 Å². The van der Waals surface area contributed by atoms with Gasteiger partial charge in [-0.3, -0.25) is 9.69 Å². The summed E-state index contributed by atoms with van der Waals surface area (Å²) in [5.74, 6) is -0.856. The third-order valence-electron chi connectivity index (χ3n) is 11.0. The van der Waals surface area contributed by atoms with E-state index in [1.54, 1.807) is 24.4 Å². The number of fused-ring (bicyclic) bond motifs is 1. The first-order chi connectivity index (χ1) is 29.1. The van der Waals surface area contributed by atoms with Crippen LogP contribution in [-0.4, -0.2) is 103 Å². The number of aromatic nitrogens is 2. The van der Waals surface area contributed by atoms with Crippen molar-refractivity contribution in [2.45, 2.75) is 42.9 Å². The van der Waals surface area contributed by atoms with Crippen molar-refractivity contribution in [3.05, 3.63) is 112 Å². The summed E-state index contributed by atoms with van der Waals surface area (Å²) in [6, 6.07) is 20.0. The number of anilines is 1. The van der Waals surface area contributed by atoms with Crippen LogP contribution in [0.25, 0.3) is 16.6 Å². The predicted octanol–water partition coefficient (Wildman–Crippen LogP) is 8.00. The van der Waals surface area contributed by atoms with Gasteiger partial charge < -0.3 is 24.1 Å². The molecular weight excluding hydrogens is 862 g/mol. The number of H-pyrrole nitrogens is 1. The highest BCUT2D eigenvalue weighted by Gasteiger charge is 2.30. The van der Waals surface area contributed by atoms with E-state index in [9.17, 15) is 21.6 Å². The van der Waals surface area contributed by atoms with E-state index >= 15 is 0 Å². The van der Waals surface area contributed by atoms with Crippen LogP contribution in [0.3, 0.4) is 0 Å². The summed E-state index contributed by atoms with van der Waals surface area (Å²) < 4.78 is 71.6. The molecule has 1 saturated heterocycles. The Kier molecular flexibility index (Phi) is 13.8. The summed E-state index contributed by atoms with van der Waals surface area (Å²) in [6.07, 6.45) is 6.46. The lowest BCUT2D eigenvalue weighted by atomic mass is 9.72. The molecule has 0 spiro atoms. The van der Waals surface area contributed by atoms with Crippen LogP contribution in [0.5, 0.6) is 11.5 Å². The van der Waals surface area contributed by atoms with Gasteiger partial charge in [0, 0.05) is 68.2 Å².